The molecular formula is C20H13BrN2. The Morgan fingerprint density at radius 2 is 1.48 bits per heavy atom. The van der Waals surface area contributed by atoms with Gasteiger partial charge in [0, 0.05) is 21.4 Å². The fraction of sp³-hybridized carbons (Fsp3) is 0. The topological polar surface area (TPSA) is 25.8 Å². The zero-order valence-corrected chi connectivity index (χ0v) is 13.9. The number of halogens is 1. The van der Waals surface area contributed by atoms with E-state index in [1.807, 2.05) is 36.5 Å². The molecule has 23 heavy (non-hydrogen) atoms. The van der Waals surface area contributed by atoms with E-state index in [2.05, 4.69) is 63.4 Å². The number of aromatic nitrogens is 2. The lowest BCUT2D eigenvalue weighted by atomic mass is 10.1. The maximum Gasteiger partial charge on any atom is 0.0971 e. The molecule has 0 saturated heterocycles. The van der Waals surface area contributed by atoms with Crippen molar-refractivity contribution in [2.45, 2.75) is 0 Å². The molecule has 0 bridgehead atoms. The molecule has 4 rings (SSSR count). The van der Waals surface area contributed by atoms with Crippen LogP contribution in [0.25, 0.3) is 34.0 Å². The van der Waals surface area contributed by atoms with Gasteiger partial charge in [-0.05, 0) is 35.9 Å². The van der Waals surface area contributed by atoms with Gasteiger partial charge in [-0.2, -0.15) is 0 Å². The Balaban J connectivity index is 1.78. The Bertz CT molecular complexity index is 1020. The SMILES string of the molecule is Brc1ccc(C=Cc2ccc3ccc4cccnc4c3n2)cc1. The van der Waals surface area contributed by atoms with Gasteiger partial charge in [0.2, 0.25) is 0 Å². The summed E-state index contributed by atoms with van der Waals surface area (Å²) < 4.78 is 1.08. The van der Waals surface area contributed by atoms with Crippen LogP contribution in [0.15, 0.2) is 71.3 Å². The first-order chi connectivity index (χ1) is 11.3. The Morgan fingerprint density at radius 3 is 2.30 bits per heavy atom. The van der Waals surface area contributed by atoms with Gasteiger partial charge in [0.25, 0.3) is 0 Å². The standard InChI is InChI=1S/C20H13BrN2/c21-17-9-3-14(4-10-17)5-11-18-12-8-16-7-6-15-2-1-13-22-19(15)20(16)23-18/h1-13H. The van der Waals surface area contributed by atoms with E-state index in [0.717, 1.165) is 37.5 Å². The van der Waals surface area contributed by atoms with Gasteiger partial charge >= 0.3 is 0 Å². The third kappa shape index (κ3) is 2.88. The molecule has 110 valence electrons. The first kappa shape index (κ1) is 14.1. The van der Waals surface area contributed by atoms with Crippen molar-refractivity contribution in [2.24, 2.45) is 0 Å². The lowest BCUT2D eigenvalue weighted by molar-refractivity contribution is 1.35. The molecule has 0 aliphatic heterocycles. The number of benzene rings is 2. The molecule has 0 atom stereocenters. The highest BCUT2D eigenvalue weighted by Crippen LogP contribution is 2.22. The summed E-state index contributed by atoms with van der Waals surface area (Å²) in [5.41, 5.74) is 3.97. The smallest absolute Gasteiger partial charge is 0.0971 e. The number of hydrogen-bond donors (Lipinski definition) is 0. The maximum absolute atomic E-state index is 4.78. The molecule has 0 amide bonds. The summed E-state index contributed by atoms with van der Waals surface area (Å²) in [7, 11) is 0. The monoisotopic (exact) mass is 360 g/mol. The van der Waals surface area contributed by atoms with E-state index >= 15 is 0 Å². The van der Waals surface area contributed by atoms with Crippen LogP contribution in [-0.2, 0) is 0 Å². The summed E-state index contributed by atoms with van der Waals surface area (Å²) >= 11 is 3.45. The van der Waals surface area contributed by atoms with E-state index in [9.17, 15) is 0 Å². The van der Waals surface area contributed by atoms with Crippen LogP contribution in [0.2, 0.25) is 0 Å². The fourth-order valence-corrected chi connectivity index (χ4v) is 2.85. The molecule has 4 aromatic rings. The minimum atomic E-state index is 0.929. The summed E-state index contributed by atoms with van der Waals surface area (Å²) in [5, 5.41) is 2.22. The molecule has 0 fully saturated rings. The second-order valence-corrected chi connectivity index (χ2v) is 6.25. The highest BCUT2D eigenvalue weighted by Gasteiger charge is 2.03. The largest absolute Gasteiger partial charge is 0.254 e. The van der Waals surface area contributed by atoms with Crippen molar-refractivity contribution < 1.29 is 0 Å². The summed E-state index contributed by atoms with van der Waals surface area (Å²) in [4.78, 5) is 9.26. The molecule has 2 heterocycles. The van der Waals surface area contributed by atoms with Crippen LogP contribution in [0.5, 0.6) is 0 Å². The van der Waals surface area contributed by atoms with Gasteiger partial charge in [0.05, 0.1) is 16.7 Å². The molecule has 0 unspecified atom stereocenters. The molecule has 0 spiro atoms. The third-order valence-corrected chi connectivity index (χ3v) is 4.30. The number of fused-ring (bicyclic) bond motifs is 3. The molecule has 0 radical (unpaired) electrons. The average Bonchev–Trinajstić information content (AvgIpc) is 2.61. The normalized spacial score (nSPS) is 11.5. The molecule has 2 nitrogen and oxygen atoms in total. The Hall–Kier alpha value is -2.52. The quantitative estimate of drug-likeness (QED) is 0.427. The van der Waals surface area contributed by atoms with Gasteiger partial charge in [-0.25, -0.2) is 4.98 Å². The second-order valence-electron chi connectivity index (χ2n) is 5.33. The molecule has 0 aliphatic carbocycles. The maximum atomic E-state index is 4.78. The number of nitrogens with zero attached hydrogens (tertiary/aromatic N) is 2. The first-order valence-corrected chi connectivity index (χ1v) is 8.17. The predicted octanol–water partition coefficient (Wildman–Crippen LogP) is 5.72. The second kappa shape index (κ2) is 5.94. The van der Waals surface area contributed by atoms with Crippen molar-refractivity contribution in [1.29, 1.82) is 0 Å². The van der Waals surface area contributed by atoms with E-state index in [1.54, 1.807) is 0 Å². The van der Waals surface area contributed by atoms with Crippen LogP contribution in [0.4, 0.5) is 0 Å². The zero-order valence-electron chi connectivity index (χ0n) is 12.3. The molecule has 0 saturated carbocycles. The van der Waals surface area contributed by atoms with Crippen molar-refractivity contribution in [3.05, 3.63) is 82.6 Å². The highest BCUT2D eigenvalue weighted by molar-refractivity contribution is 9.10. The minimum absolute atomic E-state index is 0.929. The van der Waals surface area contributed by atoms with Gasteiger partial charge < -0.3 is 0 Å². The van der Waals surface area contributed by atoms with Crippen molar-refractivity contribution in [3.8, 4) is 0 Å². The fourth-order valence-electron chi connectivity index (χ4n) is 2.59. The van der Waals surface area contributed by atoms with Crippen molar-refractivity contribution >= 4 is 49.9 Å². The van der Waals surface area contributed by atoms with Gasteiger partial charge in [0.1, 0.15) is 0 Å². The van der Waals surface area contributed by atoms with E-state index in [4.69, 9.17) is 4.98 Å². The summed E-state index contributed by atoms with van der Waals surface area (Å²) in [6.07, 6.45) is 5.91. The van der Waals surface area contributed by atoms with Crippen LogP contribution in [0.3, 0.4) is 0 Å². The molecule has 3 heteroatoms. The lowest BCUT2D eigenvalue weighted by Gasteiger charge is -2.03. The summed E-state index contributed by atoms with van der Waals surface area (Å²) in [6, 6.07) is 20.5. The van der Waals surface area contributed by atoms with Crippen LogP contribution in [-0.4, -0.2) is 9.97 Å². The molecule has 2 aromatic carbocycles. The Labute approximate surface area is 142 Å². The van der Waals surface area contributed by atoms with Crippen LogP contribution in [0, 0.1) is 0 Å². The van der Waals surface area contributed by atoms with Crippen LogP contribution >= 0.6 is 15.9 Å². The molecule has 0 N–H and O–H groups in total. The average molecular weight is 361 g/mol. The van der Waals surface area contributed by atoms with Gasteiger partial charge in [-0.15, -0.1) is 0 Å². The van der Waals surface area contributed by atoms with E-state index in [-0.39, 0.29) is 0 Å². The number of hydrogen-bond acceptors (Lipinski definition) is 2. The van der Waals surface area contributed by atoms with Crippen molar-refractivity contribution in [2.75, 3.05) is 0 Å². The van der Waals surface area contributed by atoms with Gasteiger partial charge in [0.15, 0.2) is 0 Å². The summed E-state index contributed by atoms with van der Waals surface area (Å²) in [6.45, 7) is 0. The van der Waals surface area contributed by atoms with Crippen LogP contribution in [0.1, 0.15) is 11.3 Å². The van der Waals surface area contributed by atoms with E-state index in [0.29, 0.717) is 0 Å². The predicted molar refractivity (Wildman–Crippen MR) is 100 cm³/mol. The third-order valence-electron chi connectivity index (χ3n) is 3.77. The molecular weight excluding hydrogens is 348 g/mol. The van der Waals surface area contributed by atoms with E-state index < -0.39 is 0 Å². The molecule has 2 aromatic heterocycles. The van der Waals surface area contributed by atoms with Crippen molar-refractivity contribution in [1.82, 2.24) is 9.97 Å². The van der Waals surface area contributed by atoms with Gasteiger partial charge in [-0.3, -0.25) is 4.98 Å². The highest BCUT2D eigenvalue weighted by atomic mass is 79.9. The van der Waals surface area contributed by atoms with E-state index in [1.165, 1.54) is 0 Å². The van der Waals surface area contributed by atoms with Crippen molar-refractivity contribution in [3.63, 3.8) is 0 Å². The minimum Gasteiger partial charge on any atom is -0.254 e. The Morgan fingerprint density at radius 1 is 0.739 bits per heavy atom. The first-order valence-electron chi connectivity index (χ1n) is 7.38. The van der Waals surface area contributed by atoms with Crippen LogP contribution < -0.4 is 0 Å². The molecule has 0 aliphatic rings. The Kier molecular flexibility index (Phi) is 3.64. The van der Waals surface area contributed by atoms with Gasteiger partial charge in [-0.1, -0.05) is 58.4 Å². The summed E-state index contributed by atoms with van der Waals surface area (Å²) in [5.74, 6) is 0. The number of pyridine rings is 2. The lowest BCUT2D eigenvalue weighted by Crippen LogP contribution is -1.87. The zero-order chi connectivity index (χ0) is 15.6. The number of rotatable bonds is 2.